The highest BCUT2D eigenvalue weighted by Gasteiger charge is 2.01. The van der Waals surface area contributed by atoms with Crippen molar-refractivity contribution in [1.82, 2.24) is 0 Å². The molecule has 0 aliphatic carbocycles. The number of nitro groups is 1. The Morgan fingerprint density at radius 3 is 1.33 bits per heavy atom. The van der Waals surface area contributed by atoms with E-state index < -0.39 is 0 Å². The fourth-order valence-corrected chi connectivity index (χ4v) is 2.70. The number of aldehydes is 1. The zero-order valence-corrected chi connectivity index (χ0v) is 24.1. The highest BCUT2D eigenvalue weighted by atomic mass is 16.6. The second-order valence-corrected chi connectivity index (χ2v) is 8.40. The van der Waals surface area contributed by atoms with E-state index in [1.807, 2.05) is 69.3 Å². The average Bonchev–Trinajstić information content (AvgIpc) is 2.93. The SMILES string of the molecule is C/C(=C\c1ccc(C)cc1)[N+](=O)[O-].Cc1ccc(C=O)cc1.Cc1ccc(CC(C)N)cc1.O=C=O.O=C=O.O=C=O. The molecule has 0 radical (unpaired) electrons. The Morgan fingerprint density at radius 1 is 0.738 bits per heavy atom. The first-order valence-corrected chi connectivity index (χ1v) is 12.1. The summed E-state index contributed by atoms with van der Waals surface area (Å²) in [6, 6.07) is 23.8. The van der Waals surface area contributed by atoms with Gasteiger partial charge in [0.15, 0.2) is 0 Å². The normalized spacial score (nSPS) is 9.43. The van der Waals surface area contributed by atoms with Gasteiger partial charge in [0.2, 0.25) is 5.70 Å². The molecule has 0 amide bonds. The first kappa shape index (κ1) is 41.1. The zero-order chi connectivity index (χ0) is 32.9. The van der Waals surface area contributed by atoms with E-state index in [0.717, 1.165) is 29.4 Å². The van der Waals surface area contributed by atoms with Crippen LogP contribution >= 0.6 is 0 Å². The van der Waals surface area contributed by atoms with Crippen molar-refractivity contribution >= 4 is 30.8 Å². The maximum absolute atomic E-state index is 10.3. The second-order valence-electron chi connectivity index (χ2n) is 8.40. The molecule has 3 aromatic rings. The summed E-state index contributed by atoms with van der Waals surface area (Å²) in [5, 5.41) is 10.3. The number of hydrogen-bond donors (Lipinski definition) is 1. The third-order valence-corrected chi connectivity index (χ3v) is 4.63. The molecular formula is C31H34N2O9. The predicted octanol–water partition coefficient (Wildman–Crippen LogP) is 4.57. The largest absolute Gasteiger partial charge is 0.373 e. The van der Waals surface area contributed by atoms with Crippen LogP contribution in [0.25, 0.3) is 6.08 Å². The lowest BCUT2D eigenvalue weighted by Crippen LogP contribution is -2.17. The number of allylic oxidation sites excluding steroid dienone is 1. The summed E-state index contributed by atoms with van der Waals surface area (Å²) in [5.74, 6) is 0. The summed E-state index contributed by atoms with van der Waals surface area (Å²) in [6.07, 6.45) is 4.12. The Kier molecular flexibility index (Phi) is 26.5. The smallest absolute Gasteiger partial charge is 0.328 e. The topological polar surface area (TPSA) is 189 Å². The van der Waals surface area contributed by atoms with Crippen molar-refractivity contribution in [2.45, 2.75) is 47.1 Å². The van der Waals surface area contributed by atoms with Gasteiger partial charge in [-0.25, -0.2) is 0 Å². The van der Waals surface area contributed by atoms with Crippen LogP contribution in [0.5, 0.6) is 0 Å². The van der Waals surface area contributed by atoms with Gasteiger partial charge in [0.25, 0.3) is 0 Å². The van der Waals surface area contributed by atoms with E-state index >= 15 is 0 Å². The number of benzene rings is 3. The number of nitrogens with zero attached hydrogens (tertiary/aromatic N) is 1. The standard InChI is InChI=1S/C10H11NO2.C10H15N.C8H8O.3CO2/c1-8-3-5-10(6-4-8)7-9(2)11(12)13;1-8-3-5-10(6-4-8)7-9(2)11;1-7-2-4-8(6-9)5-3-7;3*2-1-3/h3-7H,1-2H3;3-6,9H,7,11H2,1-2H3;2-6H,1H3;;;/b9-7+;;;;;. The molecule has 0 aliphatic heterocycles. The summed E-state index contributed by atoms with van der Waals surface area (Å²) >= 11 is 0. The summed E-state index contributed by atoms with van der Waals surface area (Å²) in [5.41, 5.74) is 12.4. The molecular weight excluding hydrogens is 544 g/mol. The van der Waals surface area contributed by atoms with Crippen LogP contribution in [0.3, 0.4) is 0 Å². The first-order chi connectivity index (χ1) is 19.8. The summed E-state index contributed by atoms with van der Waals surface area (Å²) in [7, 11) is 0. The molecule has 0 aromatic heterocycles. The Labute approximate surface area is 244 Å². The van der Waals surface area contributed by atoms with Crippen molar-refractivity contribution < 1.29 is 38.5 Å². The van der Waals surface area contributed by atoms with Crippen molar-refractivity contribution in [1.29, 1.82) is 0 Å². The summed E-state index contributed by atoms with van der Waals surface area (Å²) in [6.45, 7) is 9.58. The van der Waals surface area contributed by atoms with E-state index in [4.69, 9.17) is 34.5 Å². The number of hydrogen-bond acceptors (Lipinski definition) is 10. The molecule has 1 unspecified atom stereocenters. The van der Waals surface area contributed by atoms with Crippen LogP contribution in [0.1, 0.15) is 52.0 Å². The lowest BCUT2D eigenvalue weighted by Gasteiger charge is -2.04. The van der Waals surface area contributed by atoms with E-state index in [0.29, 0.717) is 0 Å². The number of rotatable bonds is 5. The van der Waals surface area contributed by atoms with Crippen LogP contribution in [0, 0.1) is 30.9 Å². The molecule has 0 saturated heterocycles. The second kappa shape index (κ2) is 27.1. The monoisotopic (exact) mass is 578 g/mol. The minimum atomic E-state index is -0.389. The maximum atomic E-state index is 10.3. The molecule has 222 valence electrons. The molecule has 3 aromatic carbocycles. The third-order valence-electron chi connectivity index (χ3n) is 4.63. The van der Waals surface area contributed by atoms with Gasteiger partial charge in [-0.1, -0.05) is 89.5 Å². The molecule has 0 bridgehead atoms. The van der Waals surface area contributed by atoms with Crippen molar-refractivity contribution in [3.8, 4) is 0 Å². The van der Waals surface area contributed by atoms with E-state index in [-0.39, 0.29) is 35.1 Å². The van der Waals surface area contributed by atoms with Gasteiger partial charge >= 0.3 is 18.5 Å². The van der Waals surface area contributed by atoms with Gasteiger partial charge in [-0.05, 0) is 45.2 Å². The number of nitrogens with two attached hydrogens (primary N) is 1. The van der Waals surface area contributed by atoms with Gasteiger partial charge in [0.1, 0.15) is 6.29 Å². The van der Waals surface area contributed by atoms with Crippen molar-refractivity contribution in [2.24, 2.45) is 5.73 Å². The molecule has 3 rings (SSSR count). The van der Waals surface area contributed by atoms with E-state index in [1.165, 1.54) is 23.6 Å². The average molecular weight is 579 g/mol. The minimum absolute atomic E-state index is 0.156. The third kappa shape index (κ3) is 26.2. The molecule has 11 heteroatoms. The Bertz CT molecular complexity index is 1270. The molecule has 0 spiro atoms. The zero-order valence-electron chi connectivity index (χ0n) is 24.1. The van der Waals surface area contributed by atoms with E-state index in [2.05, 4.69) is 31.2 Å². The van der Waals surface area contributed by atoms with Crippen LogP contribution in [0.2, 0.25) is 0 Å². The highest BCUT2D eigenvalue weighted by molar-refractivity contribution is 5.74. The van der Waals surface area contributed by atoms with Gasteiger partial charge in [-0.15, -0.1) is 0 Å². The lowest BCUT2D eigenvalue weighted by molar-refractivity contribution is -0.422. The van der Waals surface area contributed by atoms with Crippen LogP contribution in [-0.4, -0.2) is 35.7 Å². The quantitative estimate of drug-likeness (QED) is 0.255. The molecule has 1 atom stereocenters. The highest BCUT2D eigenvalue weighted by Crippen LogP contribution is 2.08. The van der Waals surface area contributed by atoms with E-state index in [9.17, 15) is 14.9 Å². The van der Waals surface area contributed by atoms with Gasteiger partial charge < -0.3 is 5.73 Å². The Balaban J connectivity index is -0.000000480. The van der Waals surface area contributed by atoms with Gasteiger partial charge in [-0.3, -0.25) is 14.9 Å². The summed E-state index contributed by atoms with van der Waals surface area (Å²) < 4.78 is 0. The minimum Gasteiger partial charge on any atom is -0.328 e. The van der Waals surface area contributed by atoms with Crippen molar-refractivity contribution in [3.05, 3.63) is 122 Å². The molecule has 42 heavy (non-hydrogen) atoms. The van der Waals surface area contributed by atoms with Crippen LogP contribution < -0.4 is 5.73 Å². The van der Waals surface area contributed by atoms with Crippen molar-refractivity contribution in [3.63, 3.8) is 0 Å². The fourth-order valence-electron chi connectivity index (χ4n) is 2.70. The van der Waals surface area contributed by atoms with Crippen LogP contribution in [-0.2, 0) is 35.2 Å². The van der Waals surface area contributed by atoms with Crippen LogP contribution in [0.4, 0.5) is 0 Å². The van der Waals surface area contributed by atoms with E-state index in [1.54, 1.807) is 6.08 Å². The molecule has 0 saturated carbocycles. The fraction of sp³-hybridized carbons (Fsp3) is 0.226. The van der Waals surface area contributed by atoms with Gasteiger partial charge in [0.05, 0.1) is 4.92 Å². The molecule has 11 nitrogen and oxygen atoms in total. The first-order valence-electron chi connectivity index (χ1n) is 12.1. The Morgan fingerprint density at radius 2 is 1.05 bits per heavy atom. The summed E-state index contributed by atoms with van der Waals surface area (Å²) in [4.78, 5) is 68.8. The number of carbonyl (C=O) groups is 1. The molecule has 0 fully saturated rings. The van der Waals surface area contributed by atoms with Crippen LogP contribution in [0.15, 0.2) is 78.5 Å². The molecule has 2 N–H and O–H groups in total. The maximum Gasteiger partial charge on any atom is 0.373 e. The lowest BCUT2D eigenvalue weighted by atomic mass is 10.1. The van der Waals surface area contributed by atoms with Gasteiger partial charge in [0, 0.05) is 24.6 Å². The molecule has 0 aliphatic rings. The number of aryl methyl sites for hydroxylation is 3. The van der Waals surface area contributed by atoms with Gasteiger partial charge in [-0.2, -0.15) is 28.8 Å². The number of carbonyl (C=O) groups excluding carboxylic acids is 7. The van der Waals surface area contributed by atoms with Crippen molar-refractivity contribution in [2.75, 3.05) is 0 Å². The Hall–Kier alpha value is -5.43. The predicted molar refractivity (Wildman–Crippen MR) is 152 cm³/mol. The molecule has 0 heterocycles.